The Morgan fingerprint density at radius 3 is 2.67 bits per heavy atom. The largest absolute Gasteiger partial charge is 0.313 e. The smallest absolute Gasteiger partial charge is 0.0124 e. The Bertz CT molecular complexity index is 142. The van der Waals surface area contributed by atoms with Crippen LogP contribution in [0.5, 0.6) is 0 Å². The minimum absolute atomic E-state index is 0.574. The predicted octanol–water partition coefficient (Wildman–Crippen LogP) is 2.81. The van der Waals surface area contributed by atoms with Gasteiger partial charge < -0.3 is 5.32 Å². The Balaban J connectivity index is 2.51. The second-order valence-electron chi connectivity index (χ2n) is 4.89. The number of nitrogens with one attached hydrogen (secondary N) is 1. The molecule has 72 valence electrons. The molecular formula is C11H23N. The van der Waals surface area contributed by atoms with Crippen molar-refractivity contribution in [2.45, 2.75) is 53.0 Å². The van der Waals surface area contributed by atoms with Gasteiger partial charge in [-0.15, -0.1) is 0 Å². The van der Waals surface area contributed by atoms with Gasteiger partial charge in [0.2, 0.25) is 0 Å². The zero-order valence-electron chi connectivity index (χ0n) is 8.98. The van der Waals surface area contributed by atoms with E-state index in [9.17, 15) is 0 Å². The zero-order valence-corrected chi connectivity index (χ0v) is 8.98. The Labute approximate surface area is 76.9 Å². The average Bonchev–Trinajstić information content (AvgIpc) is 2.33. The third-order valence-corrected chi connectivity index (χ3v) is 3.44. The molecule has 1 rings (SSSR count). The molecule has 1 nitrogen and oxygen atoms in total. The van der Waals surface area contributed by atoms with Crippen molar-refractivity contribution < 1.29 is 0 Å². The molecule has 12 heavy (non-hydrogen) atoms. The lowest BCUT2D eigenvalue weighted by molar-refractivity contribution is 0.239. The highest BCUT2D eigenvalue weighted by atomic mass is 15.0. The third kappa shape index (κ3) is 2.01. The van der Waals surface area contributed by atoms with E-state index in [1.165, 1.54) is 25.8 Å². The Morgan fingerprint density at radius 2 is 2.17 bits per heavy atom. The van der Waals surface area contributed by atoms with E-state index in [2.05, 4.69) is 33.0 Å². The van der Waals surface area contributed by atoms with E-state index in [0.29, 0.717) is 5.41 Å². The van der Waals surface area contributed by atoms with Gasteiger partial charge in [0.15, 0.2) is 0 Å². The maximum Gasteiger partial charge on any atom is 0.0124 e. The standard InChI is InChI=1S/C11H23N/c1-5-11(4)6-7-12-10(11)8-9(2)3/h9-10,12H,5-8H2,1-4H3. The molecule has 0 bridgehead atoms. The maximum atomic E-state index is 3.63. The number of hydrogen-bond acceptors (Lipinski definition) is 1. The van der Waals surface area contributed by atoms with Crippen LogP contribution >= 0.6 is 0 Å². The summed E-state index contributed by atoms with van der Waals surface area (Å²) in [6, 6.07) is 0.766. The van der Waals surface area contributed by atoms with Crippen molar-refractivity contribution >= 4 is 0 Å². The first-order valence-corrected chi connectivity index (χ1v) is 5.32. The molecule has 0 aromatic carbocycles. The van der Waals surface area contributed by atoms with Crippen LogP contribution in [-0.2, 0) is 0 Å². The highest BCUT2D eigenvalue weighted by Gasteiger charge is 2.36. The van der Waals surface area contributed by atoms with Crippen molar-refractivity contribution in [2.24, 2.45) is 11.3 Å². The summed E-state index contributed by atoms with van der Waals surface area (Å²) in [7, 11) is 0. The van der Waals surface area contributed by atoms with Gasteiger partial charge in [-0.1, -0.05) is 27.7 Å². The number of hydrogen-bond donors (Lipinski definition) is 1. The van der Waals surface area contributed by atoms with Gasteiger partial charge in [-0.25, -0.2) is 0 Å². The molecule has 2 unspecified atom stereocenters. The lowest BCUT2D eigenvalue weighted by atomic mass is 9.77. The quantitative estimate of drug-likeness (QED) is 0.685. The van der Waals surface area contributed by atoms with Crippen LogP contribution in [-0.4, -0.2) is 12.6 Å². The summed E-state index contributed by atoms with van der Waals surface area (Å²) in [5, 5.41) is 3.63. The molecule has 1 saturated heterocycles. The summed E-state index contributed by atoms with van der Waals surface area (Å²) < 4.78 is 0. The van der Waals surface area contributed by atoms with Crippen molar-refractivity contribution in [1.82, 2.24) is 5.32 Å². The van der Waals surface area contributed by atoms with Crippen molar-refractivity contribution in [3.8, 4) is 0 Å². The molecule has 2 atom stereocenters. The van der Waals surface area contributed by atoms with Crippen molar-refractivity contribution in [2.75, 3.05) is 6.54 Å². The van der Waals surface area contributed by atoms with E-state index in [4.69, 9.17) is 0 Å². The fraction of sp³-hybridized carbons (Fsp3) is 1.00. The van der Waals surface area contributed by atoms with Crippen LogP contribution in [0.1, 0.15) is 47.0 Å². The molecule has 0 aliphatic carbocycles. The predicted molar refractivity (Wildman–Crippen MR) is 54.3 cm³/mol. The molecule has 1 heterocycles. The lowest BCUT2D eigenvalue weighted by Gasteiger charge is -2.31. The second kappa shape index (κ2) is 3.78. The molecular weight excluding hydrogens is 146 g/mol. The van der Waals surface area contributed by atoms with Gasteiger partial charge in [-0.2, -0.15) is 0 Å². The summed E-state index contributed by atoms with van der Waals surface area (Å²) in [6.07, 6.45) is 4.02. The normalized spacial score (nSPS) is 36.2. The molecule has 1 fully saturated rings. The minimum Gasteiger partial charge on any atom is -0.313 e. The summed E-state index contributed by atoms with van der Waals surface area (Å²) >= 11 is 0. The molecule has 0 radical (unpaired) electrons. The molecule has 0 aromatic heterocycles. The highest BCUT2D eigenvalue weighted by Crippen LogP contribution is 2.36. The Hall–Kier alpha value is -0.0400. The maximum absolute atomic E-state index is 3.63. The van der Waals surface area contributed by atoms with Crippen LogP contribution in [0.3, 0.4) is 0 Å². The SMILES string of the molecule is CCC1(C)CCNC1CC(C)C. The summed E-state index contributed by atoms with van der Waals surface area (Å²) in [5.41, 5.74) is 0.574. The van der Waals surface area contributed by atoms with Crippen LogP contribution in [0.15, 0.2) is 0 Å². The van der Waals surface area contributed by atoms with E-state index in [0.717, 1.165) is 12.0 Å². The van der Waals surface area contributed by atoms with Gasteiger partial charge in [0.25, 0.3) is 0 Å². The first-order valence-electron chi connectivity index (χ1n) is 5.32. The Morgan fingerprint density at radius 1 is 1.50 bits per heavy atom. The van der Waals surface area contributed by atoms with Crippen molar-refractivity contribution in [3.63, 3.8) is 0 Å². The molecule has 1 heteroatoms. The van der Waals surface area contributed by atoms with E-state index in [1.54, 1.807) is 0 Å². The summed E-state index contributed by atoms with van der Waals surface area (Å²) in [4.78, 5) is 0. The molecule has 0 spiro atoms. The molecule has 1 aliphatic heterocycles. The molecule has 0 aromatic rings. The van der Waals surface area contributed by atoms with Gasteiger partial charge in [-0.3, -0.25) is 0 Å². The van der Waals surface area contributed by atoms with Crippen LogP contribution in [0.25, 0.3) is 0 Å². The van der Waals surface area contributed by atoms with Crippen LogP contribution in [0.4, 0.5) is 0 Å². The van der Waals surface area contributed by atoms with Gasteiger partial charge in [-0.05, 0) is 37.1 Å². The van der Waals surface area contributed by atoms with Gasteiger partial charge >= 0.3 is 0 Å². The van der Waals surface area contributed by atoms with E-state index in [1.807, 2.05) is 0 Å². The minimum atomic E-state index is 0.574. The Kier molecular flexibility index (Phi) is 3.16. The number of rotatable bonds is 3. The molecule has 1 aliphatic rings. The van der Waals surface area contributed by atoms with Crippen molar-refractivity contribution in [3.05, 3.63) is 0 Å². The molecule has 0 saturated carbocycles. The van der Waals surface area contributed by atoms with Crippen LogP contribution in [0, 0.1) is 11.3 Å². The zero-order chi connectivity index (χ0) is 9.19. The van der Waals surface area contributed by atoms with Gasteiger partial charge in [0, 0.05) is 6.04 Å². The molecule has 0 amide bonds. The van der Waals surface area contributed by atoms with E-state index >= 15 is 0 Å². The van der Waals surface area contributed by atoms with Crippen LogP contribution in [0.2, 0.25) is 0 Å². The topological polar surface area (TPSA) is 12.0 Å². The van der Waals surface area contributed by atoms with Gasteiger partial charge in [0.05, 0.1) is 0 Å². The third-order valence-electron chi connectivity index (χ3n) is 3.44. The average molecular weight is 169 g/mol. The second-order valence-corrected chi connectivity index (χ2v) is 4.89. The monoisotopic (exact) mass is 169 g/mol. The van der Waals surface area contributed by atoms with E-state index < -0.39 is 0 Å². The van der Waals surface area contributed by atoms with Crippen LogP contribution < -0.4 is 5.32 Å². The van der Waals surface area contributed by atoms with E-state index in [-0.39, 0.29) is 0 Å². The summed E-state index contributed by atoms with van der Waals surface area (Å²) in [5.74, 6) is 0.825. The summed E-state index contributed by atoms with van der Waals surface area (Å²) in [6.45, 7) is 10.6. The first-order chi connectivity index (χ1) is 5.58. The first kappa shape index (κ1) is 10.0. The fourth-order valence-electron chi connectivity index (χ4n) is 2.22. The van der Waals surface area contributed by atoms with Crippen molar-refractivity contribution in [1.29, 1.82) is 0 Å². The highest BCUT2D eigenvalue weighted by molar-refractivity contribution is 4.93. The lowest BCUT2D eigenvalue weighted by Crippen LogP contribution is -2.35. The molecule has 1 N–H and O–H groups in total. The van der Waals surface area contributed by atoms with Gasteiger partial charge in [0.1, 0.15) is 0 Å². The fourth-order valence-corrected chi connectivity index (χ4v) is 2.22.